The average molecular weight is 390 g/mol. The van der Waals surface area contributed by atoms with Crippen LogP contribution in [0.5, 0.6) is 0 Å². The number of nitrogens with two attached hydrogens (primary N) is 1. The number of carbonyl (C=O) groups excluding carboxylic acids is 1. The lowest BCUT2D eigenvalue weighted by Crippen LogP contribution is -2.42. The van der Waals surface area contributed by atoms with E-state index in [-0.39, 0.29) is 28.9 Å². The van der Waals surface area contributed by atoms with E-state index >= 15 is 0 Å². The van der Waals surface area contributed by atoms with Gasteiger partial charge in [-0.05, 0) is 30.9 Å². The van der Waals surface area contributed by atoms with E-state index < -0.39 is 15.9 Å². The lowest BCUT2D eigenvalue weighted by atomic mass is 10.2. The molecule has 0 radical (unpaired) electrons. The molecule has 1 aromatic carbocycles. The first-order valence-corrected chi connectivity index (χ1v) is 9.65. The summed E-state index contributed by atoms with van der Waals surface area (Å²) in [6, 6.07) is 6.22. The number of amides is 1. The van der Waals surface area contributed by atoms with E-state index in [2.05, 4.69) is 5.32 Å². The molecule has 2 aliphatic rings. The van der Waals surface area contributed by atoms with Crippen molar-refractivity contribution < 1.29 is 17.9 Å². The molecule has 1 heterocycles. The standard InChI is InChI=1S/C16H23N3O4S.ClH/c17-14(12-5-6-12)11-18-16(20)13-3-1-2-4-15(13)24(21,22)19-7-9-23-10-8-19;/h1-4,12,14H,5-11,17H2,(H,18,20);1H. The fraction of sp³-hybridized carbons (Fsp3) is 0.562. The van der Waals surface area contributed by atoms with Crippen LogP contribution in [0.4, 0.5) is 0 Å². The van der Waals surface area contributed by atoms with Crippen molar-refractivity contribution in [1.82, 2.24) is 9.62 Å². The zero-order valence-corrected chi connectivity index (χ0v) is 15.5. The summed E-state index contributed by atoms with van der Waals surface area (Å²) in [5.74, 6) is 0.0659. The van der Waals surface area contributed by atoms with Crippen molar-refractivity contribution in [2.45, 2.75) is 23.8 Å². The van der Waals surface area contributed by atoms with E-state index in [0.29, 0.717) is 38.8 Å². The fourth-order valence-corrected chi connectivity index (χ4v) is 4.40. The molecular weight excluding hydrogens is 366 g/mol. The number of sulfonamides is 1. The zero-order chi connectivity index (χ0) is 17.2. The van der Waals surface area contributed by atoms with Crippen LogP contribution in [0.2, 0.25) is 0 Å². The summed E-state index contributed by atoms with van der Waals surface area (Å²) < 4.78 is 32.2. The largest absolute Gasteiger partial charge is 0.379 e. The van der Waals surface area contributed by atoms with Gasteiger partial charge in [-0.2, -0.15) is 4.31 Å². The van der Waals surface area contributed by atoms with E-state index in [1.807, 2.05) is 0 Å². The number of halogens is 1. The first-order chi connectivity index (χ1) is 11.5. The third-order valence-corrected chi connectivity index (χ3v) is 6.40. The maximum atomic E-state index is 12.8. The van der Waals surface area contributed by atoms with Crippen LogP contribution in [0.3, 0.4) is 0 Å². The highest BCUT2D eigenvalue weighted by Crippen LogP contribution is 2.31. The number of hydrogen-bond acceptors (Lipinski definition) is 5. The molecule has 2 fully saturated rings. The molecule has 140 valence electrons. The monoisotopic (exact) mass is 389 g/mol. The Kier molecular flexibility index (Phi) is 6.81. The molecular formula is C16H24ClN3O4S. The van der Waals surface area contributed by atoms with Gasteiger partial charge in [0.1, 0.15) is 0 Å². The van der Waals surface area contributed by atoms with Gasteiger partial charge >= 0.3 is 0 Å². The van der Waals surface area contributed by atoms with Gasteiger partial charge in [0.2, 0.25) is 10.0 Å². The maximum absolute atomic E-state index is 12.8. The summed E-state index contributed by atoms with van der Waals surface area (Å²) in [6.45, 7) is 1.68. The Balaban J connectivity index is 0.00000225. The van der Waals surface area contributed by atoms with Gasteiger partial charge in [-0.25, -0.2) is 8.42 Å². The molecule has 1 atom stereocenters. The van der Waals surface area contributed by atoms with Gasteiger partial charge in [-0.15, -0.1) is 12.4 Å². The predicted octanol–water partition coefficient (Wildman–Crippen LogP) is 0.596. The molecule has 25 heavy (non-hydrogen) atoms. The lowest BCUT2D eigenvalue weighted by Gasteiger charge is -2.26. The van der Waals surface area contributed by atoms with Crippen molar-refractivity contribution in [2.75, 3.05) is 32.8 Å². The van der Waals surface area contributed by atoms with Crippen LogP contribution >= 0.6 is 12.4 Å². The topological polar surface area (TPSA) is 102 Å². The Bertz CT molecular complexity index is 703. The highest BCUT2D eigenvalue weighted by atomic mass is 35.5. The number of hydrogen-bond donors (Lipinski definition) is 2. The van der Waals surface area contributed by atoms with E-state index in [1.54, 1.807) is 12.1 Å². The normalized spacial score (nSPS) is 19.7. The van der Waals surface area contributed by atoms with Crippen molar-refractivity contribution in [3.05, 3.63) is 29.8 Å². The molecule has 3 rings (SSSR count). The van der Waals surface area contributed by atoms with Crippen LogP contribution in [0, 0.1) is 5.92 Å². The van der Waals surface area contributed by atoms with Gasteiger partial charge in [-0.3, -0.25) is 4.79 Å². The van der Waals surface area contributed by atoms with Gasteiger partial charge in [0, 0.05) is 25.7 Å². The van der Waals surface area contributed by atoms with Crippen molar-refractivity contribution in [3.63, 3.8) is 0 Å². The number of carbonyl (C=O) groups is 1. The molecule has 9 heteroatoms. The molecule has 3 N–H and O–H groups in total. The molecule has 1 unspecified atom stereocenters. The minimum absolute atomic E-state index is 0. The summed E-state index contributed by atoms with van der Waals surface area (Å²) in [6.07, 6.45) is 2.19. The second-order valence-electron chi connectivity index (χ2n) is 6.22. The fourth-order valence-electron chi connectivity index (χ4n) is 2.80. The molecule has 1 saturated heterocycles. The van der Waals surface area contributed by atoms with Crippen molar-refractivity contribution in [1.29, 1.82) is 0 Å². The van der Waals surface area contributed by atoms with Crippen LogP contribution in [0.1, 0.15) is 23.2 Å². The van der Waals surface area contributed by atoms with E-state index in [0.717, 1.165) is 12.8 Å². The summed E-state index contributed by atoms with van der Waals surface area (Å²) in [5, 5.41) is 2.76. The molecule has 0 spiro atoms. The smallest absolute Gasteiger partial charge is 0.252 e. The highest BCUT2D eigenvalue weighted by Gasteiger charge is 2.31. The molecule has 1 saturated carbocycles. The molecule has 1 aliphatic heterocycles. The van der Waals surface area contributed by atoms with E-state index in [4.69, 9.17) is 10.5 Å². The van der Waals surface area contributed by atoms with E-state index in [9.17, 15) is 13.2 Å². The molecule has 1 aromatic rings. The first kappa shape index (κ1) is 20.1. The van der Waals surface area contributed by atoms with Crippen molar-refractivity contribution in [2.24, 2.45) is 11.7 Å². The maximum Gasteiger partial charge on any atom is 0.252 e. The van der Waals surface area contributed by atoms with Crippen LogP contribution in [0.25, 0.3) is 0 Å². The minimum Gasteiger partial charge on any atom is -0.379 e. The number of ether oxygens (including phenoxy) is 1. The number of morpholine rings is 1. The summed E-state index contributed by atoms with van der Waals surface area (Å²) in [5.41, 5.74) is 6.15. The van der Waals surface area contributed by atoms with Crippen LogP contribution in [-0.4, -0.2) is 57.5 Å². The van der Waals surface area contributed by atoms with Crippen molar-refractivity contribution in [3.8, 4) is 0 Å². The molecule has 1 amide bonds. The van der Waals surface area contributed by atoms with E-state index in [1.165, 1.54) is 16.4 Å². The van der Waals surface area contributed by atoms with Gasteiger partial charge < -0.3 is 15.8 Å². The number of nitrogens with one attached hydrogen (secondary N) is 1. The molecule has 0 bridgehead atoms. The molecule has 0 aromatic heterocycles. The van der Waals surface area contributed by atoms with Gasteiger partial charge in [0.25, 0.3) is 5.91 Å². The predicted molar refractivity (Wildman–Crippen MR) is 96.3 cm³/mol. The summed E-state index contributed by atoms with van der Waals surface area (Å²) in [4.78, 5) is 12.5. The second kappa shape index (κ2) is 8.46. The van der Waals surface area contributed by atoms with Crippen LogP contribution in [0.15, 0.2) is 29.2 Å². The second-order valence-corrected chi connectivity index (χ2v) is 8.13. The Morgan fingerprint density at radius 2 is 1.92 bits per heavy atom. The Hall–Kier alpha value is -1.19. The number of nitrogens with zero attached hydrogens (tertiary/aromatic N) is 1. The molecule has 7 nitrogen and oxygen atoms in total. The SMILES string of the molecule is Cl.NC(CNC(=O)c1ccccc1S(=O)(=O)N1CCOCC1)C1CC1. The van der Waals surface area contributed by atoms with Gasteiger partial charge in [0.15, 0.2) is 0 Å². The number of benzene rings is 1. The Morgan fingerprint density at radius 3 is 2.56 bits per heavy atom. The average Bonchev–Trinajstić information content (AvgIpc) is 3.45. The number of rotatable bonds is 6. The third kappa shape index (κ3) is 4.71. The zero-order valence-electron chi connectivity index (χ0n) is 13.9. The lowest BCUT2D eigenvalue weighted by molar-refractivity contribution is 0.0730. The first-order valence-electron chi connectivity index (χ1n) is 8.21. The summed E-state index contributed by atoms with van der Waals surface area (Å²) >= 11 is 0. The molecule has 1 aliphatic carbocycles. The minimum atomic E-state index is -3.72. The van der Waals surface area contributed by atoms with Crippen LogP contribution in [-0.2, 0) is 14.8 Å². The van der Waals surface area contributed by atoms with Crippen LogP contribution < -0.4 is 11.1 Å². The van der Waals surface area contributed by atoms with Crippen molar-refractivity contribution >= 4 is 28.3 Å². The summed E-state index contributed by atoms with van der Waals surface area (Å²) in [7, 11) is -3.72. The highest BCUT2D eigenvalue weighted by molar-refractivity contribution is 7.89. The Labute approximate surface area is 154 Å². The Morgan fingerprint density at radius 1 is 1.28 bits per heavy atom. The quantitative estimate of drug-likeness (QED) is 0.741. The third-order valence-electron chi connectivity index (χ3n) is 4.45. The van der Waals surface area contributed by atoms with Gasteiger partial charge in [0.05, 0.1) is 23.7 Å². The van der Waals surface area contributed by atoms with Gasteiger partial charge in [-0.1, -0.05) is 12.1 Å².